The van der Waals surface area contributed by atoms with Crippen LogP contribution in [0.2, 0.25) is 0 Å². The van der Waals surface area contributed by atoms with Crippen LogP contribution in [0.5, 0.6) is 0 Å². The molecule has 4 aliphatic carbocycles. The van der Waals surface area contributed by atoms with Crippen LogP contribution in [0.4, 0.5) is 0 Å². The predicted molar refractivity (Wildman–Crippen MR) is 106 cm³/mol. The molecule has 0 aromatic carbocycles. The van der Waals surface area contributed by atoms with Crippen molar-refractivity contribution in [1.82, 2.24) is 4.98 Å². The highest BCUT2D eigenvalue weighted by Gasteiger charge is 2.58. The summed E-state index contributed by atoms with van der Waals surface area (Å²) >= 11 is 0. The molecule has 26 heavy (non-hydrogen) atoms. The Bertz CT molecular complexity index is 744. The maximum atomic E-state index is 11.0. The van der Waals surface area contributed by atoms with Crippen LogP contribution in [0, 0.1) is 28.6 Å². The van der Waals surface area contributed by atoms with Crippen LogP contribution >= 0.6 is 0 Å². The Morgan fingerprint density at radius 1 is 1.15 bits per heavy atom. The standard InChI is InChI=1S/C24H33NO/c1-23-13-12-21-19(10-8-16-5-3-7-22(26)24(16,21)2)20(23)11-9-17(23)15-18-6-4-14-25-18/h4,6,8-9,14,19-22,25-26H,3,5,7,10-13,15H2,1-2H3/t19-,20-,21-,22?,23+,24-/m0/s1. The highest BCUT2D eigenvalue weighted by molar-refractivity contribution is 5.32. The molecule has 5 rings (SSSR count). The van der Waals surface area contributed by atoms with Gasteiger partial charge in [0, 0.05) is 23.7 Å². The maximum absolute atomic E-state index is 11.0. The quantitative estimate of drug-likeness (QED) is 0.686. The van der Waals surface area contributed by atoms with Crippen LogP contribution in [0.25, 0.3) is 0 Å². The molecule has 140 valence electrons. The second-order valence-electron chi connectivity index (χ2n) is 9.83. The Kier molecular flexibility index (Phi) is 3.80. The molecular weight excluding hydrogens is 318 g/mol. The van der Waals surface area contributed by atoms with Gasteiger partial charge in [0.25, 0.3) is 0 Å². The summed E-state index contributed by atoms with van der Waals surface area (Å²) in [5.41, 5.74) is 4.99. The van der Waals surface area contributed by atoms with Gasteiger partial charge < -0.3 is 10.1 Å². The summed E-state index contributed by atoms with van der Waals surface area (Å²) in [6.45, 7) is 4.93. The Labute approximate surface area is 157 Å². The van der Waals surface area contributed by atoms with E-state index >= 15 is 0 Å². The average Bonchev–Trinajstić information content (AvgIpc) is 3.25. The second-order valence-corrected chi connectivity index (χ2v) is 9.83. The van der Waals surface area contributed by atoms with Gasteiger partial charge in [-0.1, -0.05) is 37.1 Å². The first-order valence-electron chi connectivity index (χ1n) is 10.7. The Hall–Kier alpha value is -1.28. The van der Waals surface area contributed by atoms with Crippen molar-refractivity contribution >= 4 is 0 Å². The number of hydrogen-bond acceptors (Lipinski definition) is 1. The van der Waals surface area contributed by atoms with Gasteiger partial charge in [-0.05, 0) is 80.2 Å². The van der Waals surface area contributed by atoms with E-state index in [0.29, 0.717) is 11.3 Å². The van der Waals surface area contributed by atoms with Crippen LogP contribution in [0.3, 0.4) is 0 Å². The van der Waals surface area contributed by atoms with Crippen molar-refractivity contribution in [3.05, 3.63) is 47.3 Å². The molecule has 0 bridgehead atoms. The highest BCUT2D eigenvalue weighted by Crippen LogP contribution is 2.65. The molecular formula is C24H33NO. The van der Waals surface area contributed by atoms with Crippen LogP contribution in [0.15, 0.2) is 41.6 Å². The van der Waals surface area contributed by atoms with E-state index in [1.807, 2.05) is 6.20 Å². The van der Waals surface area contributed by atoms with Crippen molar-refractivity contribution in [2.24, 2.45) is 28.6 Å². The summed E-state index contributed by atoms with van der Waals surface area (Å²) in [7, 11) is 0. The summed E-state index contributed by atoms with van der Waals surface area (Å²) in [6.07, 6.45) is 16.5. The first kappa shape index (κ1) is 16.9. The molecule has 0 amide bonds. The van der Waals surface area contributed by atoms with Crippen LogP contribution in [-0.2, 0) is 6.42 Å². The van der Waals surface area contributed by atoms with Crippen LogP contribution < -0.4 is 0 Å². The fraction of sp³-hybridized carbons (Fsp3) is 0.667. The normalized spacial score (nSPS) is 44.6. The fourth-order valence-corrected chi connectivity index (χ4v) is 7.33. The van der Waals surface area contributed by atoms with E-state index in [4.69, 9.17) is 0 Å². The number of hydrogen-bond donors (Lipinski definition) is 2. The second kappa shape index (κ2) is 5.86. The zero-order valence-corrected chi connectivity index (χ0v) is 16.3. The lowest BCUT2D eigenvalue weighted by molar-refractivity contribution is -0.0779. The van der Waals surface area contributed by atoms with Crippen molar-refractivity contribution in [1.29, 1.82) is 0 Å². The molecule has 1 heterocycles. The molecule has 2 fully saturated rings. The van der Waals surface area contributed by atoms with Crippen LogP contribution in [-0.4, -0.2) is 16.2 Å². The topological polar surface area (TPSA) is 36.0 Å². The Morgan fingerprint density at radius 2 is 2.04 bits per heavy atom. The predicted octanol–water partition coefficient (Wildman–Crippen LogP) is 5.42. The summed E-state index contributed by atoms with van der Waals surface area (Å²) in [6, 6.07) is 4.33. The van der Waals surface area contributed by atoms with E-state index in [1.165, 1.54) is 44.2 Å². The van der Waals surface area contributed by atoms with Gasteiger partial charge in [-0.15, -0.1) is 0 Å². The van der Waals surface area contributed by atoms with Crippen molar-refractivity contribution in [2.45, 2.75) is 71.3 Å². The number of aromatic amines is 1. The number of aliphatic hydroxyl groups is 1. The number of aromatic nitrogens is 1. The van der Waals surface area contributed by atoms with Crippen molar-refractivity contribution < 1.29 is 5.11 Å². The summed E-state index contributed by atoms with van der Waals surface area (Å²) in [5, 5.41) is 11.0. The third-order valence-corrected chi connectivity index (χ3v) is 8.94. The molecule has 1 aromatic rings. The van der Waals surface area contributed by atoms with Gasteiger partial charge in [0.05, 0.1) is 6.10 Å². The minimum atomic E-state index is -0.132. The summed E-state index contributed by atoms with van der Waals surface area (Å²) < 4.78 is 0. The molecule has 0 spiro atoms. The molecule has 2 nitrogen and oxygen atoms in total. The minimum absolute atomic E-state index is 0.0463. The largest absolute Gasteiger partial charge is 0.392 e. The molecule has 4 aliphatic rings. The lowest BCUT2D eigenvalue weighted by Crippen LogP contribution is -2.53. The molecule has 6 atom stereocenters. The molecule has 1 unspecified atom stereocenters. The van der Waals surface area contributed by atoms with Gasteiger partial charge in [-0.2, -0.15) is 0 Å². The Morgan fingerprint density at radius 3 is 2.85 bits per heavy atom. The number of rotatable bonds is 2. The lowest BCUT2D eigenvalue weighted by atomic mass is 9.47. The third kappa shape index (κ3) is 2.21. The number of aliphatic hydroxyl groups excluding tert-OH is 1. The van der Waals surface area contributed by atoms with E-state index in [1.54, 1.807) is 11.1 Å². The van der Waals surface area contributed by atoms with E-state index in [2.05, 4.69) is 43.1 Å². The van der Waals surface area contributed by atoms with Gasteiger partial charge >= 0.3 is 0 Å². The van der Waals surface area contributed by atoms with E-state index in [-0.39, 0.29) is 11.5 Å². The monoisotopic (exact) mass is 351 g/mol. The lowest BCUT2D eigenvalue weighted by Gasteiger charge is -2.58. The number of H-pyrrole nitrogens is 1. The average molecular weight is 352 g/mol. The number of nitrogens with one attached hydrogen (secondary N) is 1. The molecule has 0 aliphatic heterocycles. The van der Waals surface area contributed by atoms with E-state index < -0.39 is 0 Å². The summed E-state index contributed by atoms with van der Waals surface area (Å²) in [4.78, 5) is 3.40. The third-order valence-electron chi connectivity index (χ3n) is 8.94. The molecule has 0 saturated heterocycles. The fourth-order valence-electron chi connectivity index (χ4n) is 7.33. The first-order chi connectivity index (χ1) is 12.5. The number of fused-ring (bicyclic) bond motifs is 5. The van der Waals surface area contributed by atoms with Crippen LogP contribution in [0.1, 0.15) is 64.5 Å². The van der Waals surface area contributed by atoms with Gasteiger partial charge in [0.2, 0.25) is 0 Å². The molecule has 2 saturated carbocycles. The summed E-state index contributed by atoms with van der Waals surface area (Å²) in [5.74, 6) is 2.18. The number of allylic oxidation sites excluding steroid dienone is 3. The van der Waals surface area contributed by atoms with E-state index in [0.717, 1.165) is 24.7 Å². The van der Waals surface area contributed by atoms with Gasteiger partial charge in [-0.25, -0.2) is 0 Å². The molecule has 0 radical (unpaired) electrons. The van der Waals surface area contributed by atoms with E-state index in [9.17, 15) is 5.11 Å². The van der Waals surface area contributed by atoms with Gasteiger partial charge in [-0.3, -0.25) is 0 Å². The molecule has 2 N–H and O–H groups in total. The van der Waals surface area contributed by atoms with Gasteiger partial charge in [0.1, 0.15) is 0 Å². The molecule has 2 heteroatoms. The SMILES string of the molecule is C[C@]12CC[C@H]3[C@@H](CC=C4CCCC(O)[C@@]43C)[C@@H]1CC=C2Cc1ccc[nH]1. The maximum Gasteiger partial charge on any atom is 0.0633 e. The molecule has 1 aromatic heterocycles. The first-order valence-corrected chi connectivity index (χ1v) is 10.7. The zero-order valence-electron chi connectivity index (χ0n) is 16.3. The van der Waals surface area contributed by atoms with Crippen molar-refractivity contribution in [3.63, 3.8) is 0 Å². The smallest absolute Gasteiger partial charge is 0.0633 e. The van der Waals surface area contributed by atoms with Gasteiger partial charge in [0.15, 0.2) is 0 Å². The van der Waals surface area contributed by atoms with Crippen molar-refractivity contribution in [3.8, 4) is 0 Å². The van der Waals surface area contributed by atoms with Crippen molar-refractivity contribution in [2.75, 3.05) is 0 Å². The minimum Gasteiger partial charge on any atom is -0.392 e. The zero-order chi connectivity index (χ0) is 17.9. The highest BCUT2D eigenvalue weighted by atomic mass is 16.3. The Balaban J connectivity index is 1.44.